The SMILES string of the molecule is CN(C)CCNc1cnc(C(=O)N2CCN(c3ccccc3)CC2)cn1. The Morgan fingerprint density at radius 2 is 1.81 bits per heavy atom. The van der Waals surface area contributed by atoms with Crippen LogP contribution in [-0.2, 0) is 0 Å². The maximum absolute atomic E-state index is 12.6. The zero-order chi connectivity index (χ0) is 18.4. The van der Waals surface area contributed by atoms with Crippen molar-refractivity contribution in [1.29, 1.82) is 0 Å². The molecule has 0 radical (unpaired) electrons. The average Bonchev–Trinajstić information content (AvgIpc) is 2.68. The fraction of sp³-hybridized carbons (Fsp3) is 0.421. The lowest BCUT2D eigenvalue weighted by atomic mass is 10.2. The number of likely N-dealkylation sites (N-methyl/N-ethyl adjacent to an activating group) is 1. The van der Waals surface area contributed by atoms with Gasteiger partial charge in [0.1, 0.15) is 11.5 Å². The molecule has 138 valence electrons. The molecule has 7 nitrogen and oxygen atoms in total. The Morgan fingerprint density at radius 1 is 1.08 bits per heavy atom. The Balaban J connectivity index is 1.52. The van der Waals surface area contributed by atoms with E-state index in [1.165, 1.54) is 5.69 Å². The third-order valence-electron chi connectivity index (χ3n) is 4.42. The molecule has 0 unspecified atom stereocenters. The summed E-state index contributed by atoms with van der Waals surface area (Å²) in [6, 6.07) is 10.3. The lowest BCUT2D eigenvalue weighted by Crippen LogP contribution is -2.49. The molecule has 0 aliphatic carbocycles. The van der Waals surface area contributed by atoms with Crippen molar-refractivity contribution in [1.82, 2.24) is 19.8 Å². The van der Waals surface area contributed by atoms with Gasteiger partial charge in [0.25, 0.3) is 5.91 Å². The predicted molar refractivity (Wildman–Crippen MR) is 104 cm³/mol. The number of carbonyl (C=O) groups is 1. The average molecular weight is 354 g/mol. The van der Waals surface area contributed by atoms with E-state index in [9.17, 15) is 4.79 Å². The molecular formula is C19H26N6O. The number of benzene rings is 1. The van der Waals surface area contributed by atoms with Gasteiger partial charge in [-0.2, -0.15) is 0 Å². The summed E-state index contributed by atoms with van der Waals surface area (Å²) in [5.41, 5.74) is 1.60. The maximum atomic E-state index is 12.6. The van der Waals surface area contributed by atoms with E-state index in [4.69, 9.17) is 0 Å². The van der Waals surface area contributed by atoms with Crippen LogP contribution in [0.15, 0.2) is 42.7 Å². The first-order valence-electron chi connectivity index (χ1n) is 8.93. The monoisotopic (exact) mass is 354 g/mol. The number of anilines is 2. The van der Waals surface area contributed by atoms with Crippen molar-refractivity contribution in [2.45, 2.75) is 0 Å². The van der Waals surface area contributed by atoms with Gasteiger partial charge in [0.15, 0.2) is 0 Å². The highest BCUT2D eigenvalue weighted by Gasteiger charge is 2.23. The number of piperazine rings is 1. The van der Waals surface area contributed by atoms with E-state index in [2.05, 4.69) is 37.2 Å². The zero-order valence-corrected chi connectivity index (χ0v) is 15.4. The summed E-state index contributed by atoms with van der Waals surface area (Å²) in [5.74, 6) is 0.641. The molecule has 1 aromatic heterocycles. The van der Waals surface area contributed by atoms with E-state index in [0.29, 0.717) is 24.6 Å². The standard InChI is InChI=1S/C19H26N6O/c1-23(2)9-8-20-18-15-21-17(14-22-18)19(26)25-12-10-24(11-13-25)16-6-4-3-5-7-16/h3-7,14-15H,8-13H2,1-2H3,(H,20,22). The van der Waals surface area contributed by atoms with Gasteiger partial charge in [-0.05, 0) is 26.2 Å². The zero-order valence-electron chi connectivity index (χ0n) is 15.4. The van der Waals surface area contributed by atoms with Gasteiger partial charge in [0.05, 0.1) is 12.4 Å². The minimum atomic E-state index is -0.0509. The Morgan fingerprint density at radius 3 is 2.42 bits per heavy atom. The number of para-hydroxylation sites is 1. The Bertz CT molecular complexity index is 696. The Kier molecular flexibility index (Phi) is 6.01. The molecule has 1 aliphatic heterocycles. The van der Waals surface area contributed by atoms with Gasteiger partial charge in [-0.15, -0.1) is 0 Å². The largest absolute Gasteiger partial charge is 0.368 e. The summed E-state index contributed by atoms with van der Waals surface area (Å²) in [7, 11) is 4.04. The lowest BCUT2D eigenvalue weighted by molar-refractivity contribution is 0.0740. The van der Waals surface area contributed by atoms with Gasteiger partial charge >= 0.3 is 0 Å². The summed E-state index contributed by atoms with van der Waals surface area (Å²) < 4.78 is 0. The highest BCUT2D eigenvalue weighted by molar-refractivity contribution is 5.92. The first kappa shape index (κ1) is 18.1. The lowest BCUT2D eigenvalue weighted by Gasteiger charge is -2.35. The third kappa shape index (κ3) is 4.70. The first-order valence-corrected chi connectivity index (χ1v) is 8.93. The van der Waals surface area contributed by atoms with Gasteiger partial charge < -0.3 is 20.0 Å². The summed E-state index contributed by atoms with van der Waals surface area (Å²) >= 11 is 0. The topological polar surface area (TPSA) is 64.6 Å². The molecule has 3 rings (SSSR count). The number of hydrogen-bond acceptors (Lipinski definition) is 6. The third-order valence-corrected chi connectivity index (χ3v) is 4.42. The van der Waals surface area contributed by atoms with E-state index in [1.54, 1.807) is 12.4 Å². The van der Waals surface area contributed by atoms with Gasteiger partial charge in [-0.25, -0.2) is 9.97 Å². The van der Waals surface area contributed by atoms with Crippen LogP contribution in [0.5, 0.6) is 0 Å². The van der Waals surface area contributed by atoms with Crippen LogP contribution >= 0.6 is 0 Å². The number of nitrogens with one attached hydrogen (secondary N) is 1. The van der Waals surface area contributed by atoms with E-state index in [1.807, 2.05) is 37.2 Å². The molecule has 0 atom stereocenters. The summed E-state index contributed by atoms with van der Waals surface area (Å²) in [4.78, 5) is 27.5. The van der Waals surface area contributed by atoms with Crippen molar-refractivity contribution in [2.24, 2.45) is 0 Å². The smallest absolute Gasteiger partial charge is 0.274 e. The molecule has 1 aliphatic rings. The number of aromatic nitrogens is 2. The minimum absolute atomic E-state index is 0.0509. The van der Waals surface area contributed by atoms with E-state index in [-0.39, 0.29) is 5.91 Å². The maximum Gasteiger partial charge on any atom is 0.274 e. The van der Waals surface area contributed by atoms with Crippen molar-refractivity contribution >= 4 is 17.4 Å². The van der Waals surface area contributed by atoms with Crippen LogP contribution in [0, 0.1) is 0 Å². The van der Waals surface area contributed by atoms with Gasteiger partial charge in [-0.3, -0.25) is 4.79 Å². The molecule has 2 aromatic rings. The number of rotatable bonds is 6. The summed E-state index contributed by atoms with van der Waals surface area (Å²) in [6.45, 7) is 4.74. The molecular weight excluding hydrogens is 328 g/mol. The van der Waals surface area contributed by atoms with Crippen LogP contribution < -0.4 is 10.2 Å². The van der Waals surface area contributed by atoms with Crippen LogP contribution in [0.2, 0.25) is 0 Å². The normalized spacial score (nSPS) is 14.6. The van der Waals surface area contributed by atoms with E-state index < -0.39 is 0 Å². The van der Waals surface area contributed by atoms with E-state index >= 15 is 0 Å². The number of nitrogens with zero attached hydrogens (tertiary/aromatic N) is 5. The van der Waals surface area contributed by atoms with Crippen LogP contribution in [0.25, 0.3) is 0 Å². The highest BCUT2D eigenvalue weighted by atomic mass is 16.2. The fourth-order valence-corrected chi connectivity index (χ4v) is 2.91. The number of amides is 1. The molecule has 1 N–H and O–H groups in total. The van der Waals surface area contributed by atoms with Crippen LogP contribution in [0.1, 0.15) is 10.5 Å². The summed E-state index contributed by atoms with van der Waals surface area (Å²) in [5, 5.41) is 3.20. The van der Waals surface area contributed by atoms with Gasteiger partial charge in [0, 0.05) is 45.0 Å². The quantitative estimate of drug-likeness (QED) is 0.846. The van der Waals surface area contributed by atoms with Crippen molar-refractivity contribution in [3.8, 4) is 0 Å². The van der Waals surface area contributed by atoms with Crippen molar-refractivity contribution in [3.05, 3.63) is 48.4 Å². The molecule has 0 saturated carbocycles. The molecule has 26 heavy (non-hydrogen) atoms. The molecule has 7 heteroatoms. The number of carbonyl (C=O) groups excluding carboxylic acids is 1. The second-order valence-corrected chi connectivity index (χ2v) is 6.63. The van der Waals surface area contributed by atoms with E-state index in [0.717, 1.165) is 26.2 Å². The minimum Gasteiger partial charge on any atom is -0.368 e. The predicted octanol–water partition coefficient (Wildman–Crippen LogP) is 1.41. The van der Waals surface area contributed by atoms with Gasteiger partial charge in [0.2, 0.25) is 0 Å². The van der Waals surface area contributed by atoms with Crippen molar-refractivity contribution in [3.63, 3.8) is 0 Å². The summed E-state index contributed by atoms with van der Waals surface area (Å²) in [6.07, 6.45) is 3.19. The Labute approximate surface area is 154 Å². The molecule has 0 bridgehead atoms. The first-order chi connectivity index (χ1) is 12.6. The highest BCUT2D eigenvalue weighted by Crippen LogP contribution is 2.16. The molecule has 1 saturated heterocycles. The fourth-order valence-electron chi connectivity index (χ4n) is 2.91. The van der Waals surface area contributed by atoms with Crippen LogP contribution in [0.4, 0.5) is 11.5 Å². The van der Waals surface area contributed by atoms with Crippen molar-refractivity contribution < 1.29 is 4.79 Å². The number of hydrogen-bond donors (Lipinski definition) is 1. The Hall–Kier alpha value is -2.67. The molecule has 1 fully saturated rings. The van der Waals surface area contributed by atoms with Crippen LogP contribution in [0.3, 0.4) is 0 Å². The second kappa shape index (κ2) is 8.62. The van der Waals surface area contributed by atoms with Crippen LogP contribution in [-0.4, -0.2) is 79.0 Å². The molecule has 1 aromatic carbocycles. The molecule has 0 spiro atoms. The van der Waals surface area contributed by atoms with Crippen molar-refractivity contribution in [2.75, 3.05) is 63.6 Å². The second-order valence-electron chi connectivity index (χ2n) is 6.63. The molecule has 1 amide bonds. The van der Waals surface area contributed by atoms with Gasteiger partial charge in [-0.1, -0.05) is 18.2 Å². The molecule has 2 heterocycles.